The van der Waals surface area contributed by atoms with E-state index in [2.05, 4.69) is 59.4 Å². The first-order chi connectivity index (χ1) is 21.5. The van der Waals surface area contributed by atoms with Crippen molar-refractivity contribution < 1.29 is 9.53 Å². The third-order valence-corrected chi connectivity index (χ3v) is 14.4. The van der Waals surface area contributed by atoms with E-state index in [1.165, 1.54) is 75.3 Å². The lowest BCUT2D eigenvalue weighted by Crippen LogP contribution is -2.65. The summed E-state index contributed by atoms with van der Waals surface area (Å²) >= 11 is 0. The van der Waals surface area contributed by atoms with Crippen molar-refractivity contribution in [3.05, 3.63) is 54.1 Å². The summed E-state index contributed by atoms with van der Waals surface area (Å²) in [5.74, 6) is 2.90. The quantitative estimate of drug-likeness (QED) is 0.267. The van der Waals surface area contributed by atoms with Crippen molar-refractivity contribution in [3.8, 4) is 0 Å². The Labute approximate surface area is 283 Å². The van der Waals surface area contributed by atoms with E-state index in [-0.39, 0.29) is 11.4 Å². The van der Waals surface area contributed by atoms with Crippen LogP contribution in [-0.4, -0.2) is 18.1 Å². The fraction of sp³-hybridized carbons (Fsp3) is 0.744. The van der Waals surface area contributed by atoms with Gasteiger partial charge in [0.2, 0.25) is 0 Å². The molecule has 2 N–H and O–H groups in total. The number of allylic oxidation sites excluding steroid dienone is 3. The second-order valence-electron chi connectivity index (χ2n) is 17.8. The molecular formula is C43H69NO2. The van der Waals surface area contributed by atoms with Crippen molar-refractivity contribution in [2.75, 3.05) is 6.54 Å². The molecule has 1 aromatic rings. The Morgan fingerprint density at radius 3 is 2.11 bits per heavy atom. The van der Waals surface area contributed by atoms with E-state index >= 15 is 0 Å². The normalized spacial score (nSPS) is 38.9. The number of rotatable bonds is 3. The lowest BCUT2D eigenvalue weighted by Gasteiger charge is -2.72. The van der Waals surface area contributed by atoms with Gasteiger partial charge in [0.15, 0.2) is 0 Å². The van der Waals surface area contributed by atoms with Gasteiger partial charge in [-0.1, -0.05) is 79.2 Å². The van der Waals surface area contributed by atoms with Crippen LogP contribution < -0.4 is 5.73 Å². The number of nitrogens with two attached hydrogens (primary N) is 1. The topological polar surface area (TPSA) is 52.3 Å². The number of carbonyl (C=O) groups excluding carboxylic acids is 1. The summed E-state index contributed by atoms with van der Waals surface area (Å²) in [4.78, 5) is 12.6. The van der Waals surface area contributed by atoms with Crippen molar-refractivity contribution in [3.63, 3.8) is 0 Å². The third kappa shape index (κ3) is 5.88. The number of carbonyl (C=O) groups is 1. The monoisotopic (exact) mass is 632 g/mol. The molecule has 5 aliphatic rings. The van der Waals surface area contributed by atoms with Gasteiger partial charge in [-0.2, -0.15) is 0 Å². The molecule has 0 aliphatic heterocycles. The van der Waals surface area contributed by atoms with Gasteiger partial charge < -0.3 is 10.5 Å². The Hall–Kier alpha value is -1.87. The highest BCUT2D eigenvalue weighted by Crippen LogP contribution is 2.76. The molecule has 0 heterocycles. The van der Waals surface area contributed by atoms with Crippen molar-refractivity contribution >= 4 is 11.5 Å². The van der Waals surface area contributed by atoms with Crippen molar-refractivity contribution in [1.82, 2.24) is 0 Å². The maximum atomic E-state index is 12.6. The fourth-order valence-electron chi connectivity index (χ4n) is 12.3. The number of esters is 1. The summed E-state index contributed by atoms with van der Waals surface area (Å²) in [7, 11) is 0. The number of benzene rings is 1. The molecule has 0 aromatic heterocycles. The van der Waals surface area contributed by atoms with Crippen LogP contribution in [0.1, 0.15) is 156 Å². The van der Waals surface area contributed by atoms with E-state index in [1.54, 1.807) is 6.08 Å². The Kier molecular flexibility index (Phi) is 10.6. The molecule has 4 fully saturated rings. The molecule has 5 aliphatic carbocycles. The first-order valence-corrected chi connectivity index (χ1v) is 18.8. The molecule has 46 heavy (non-hydrogen) atoms. The smallest absolute Gasteiger partial charge is 0.338 e. The van der Waals surface area contributed by atoms with Gasteiger partial charge in [-0.3, -0.25) is 0 Å². The Morgan fingerprint density at radius 1 is 0.891 bits per heavy atom. The Morgan fingerprint density at radius 2 is 1.52 bits per heavy atom. The van der Waals surface area contributed by atoms with Gasteiger partial charge in [0.25, 0.3) is 0 Å². The molecule has 6 rings (SSSR count). The van der Waals surface area contributed by atoms with Crippen LogP contribution in [0.4, 0.5) is 0 Å². The lowest BCUT2D eigenvalue weighted by atomic mass is 9.32. The average Bonchev–Trinajstić information content (AvgIpc) is 3.43. The minimum absolute atomic E-state index is 0.0895. The zero-order chi connectivity index (χ0) is 34.3. The molecule has 3 heteroatoms. The summed E-state index contributed by atoms with van der Waals surface area (Å²) in [5.41, 5.74) is 11.1. The molecule has 0 radical (unpaired) electrons. The van der Waals surface area contributed by atoms with Crippen LogP contribution in [0.2, 0.25) is 0 Å². The van der Waals surface area contributed by atoms with Crippen LogP contribution in [0.25, 0.3) is 5.57 Å². The number of hydrogen-bond acceptors (Lipinski definition) is 3. The summed E-state index contributed by atoms with van der Waals surface area (Å²) in [6.45, 7) is 29.1. The predicted octanol–water partition coefficient (Wildman–Crippen LogP) is 11.7. The second kappa shape index (κ2) is 13.2. The van der Waals surface area contributed by atoms with Crippen LogP contribution in [0.15, 0.2) is 43.0 Å². The fourth-order valence-corrected chi connectivity index (χ4v) is 12.3. The molecule has 1 aromatic carbocycles. The maximum Gasteiger partial charge on any atom is 0.338 e. The minimum Gasteiger partial charge on any atom is -0.456 e. The zero-order valence-electron chi connectivity index (χ0n) is 31.7. The molecule has 0 bridgehead atoms. The number of hydrogen-bond donors (Lipinski definition) is 1. The first-order valence-electron chi connectivity index (χ1n) is 18.8. The number of ether oxygens (including phenoxy) is 1. The minimum atomic E-state index is -0.484. The SMILES string of the molecule is C=CC.CC.CC(C)(C)OC(=O)c1ccc(C2=CCC3(C)C(CCC4(C)C3CCC3C5CCCC5(CN)CC[C@]34C)C2(C)C)cc1. The van der Waals surface area contributed by atoms with Crippen molar-refractivity contribution in [2.24, 2.45) is 56.5 Å². The standard InChI is InChI=1S/C38H57NO2.C3H6.C2H6/c1-33(2,3)41-32(40)26-13-11-25(12-14-26)27-17-20-35(6)30(34(27,4)5)18-21-37(8)31(35)16-15-28-29-10-9-19-38(29,24-39)23-22-36(28,37)7;1-3-2;1-2/h11-14,17,28-31H,9-10,15-16,18-24,39H2,1-8H3;3H,1H2,2H3;1-2H3/t28?,29?,30?,31?,35?,36-,37?,38?;;/m1../s1. The average molecular weight is 632 g/mol. The van der Waals surface area contributed by atoms with E-state index in [4.69, 9.17) is 10.5 Å². The largest absolute Gasteiger partial charge is 0.456 e. The molecule has 258 valence electrons. The zero-order valence-corrected chi connectivity index (χ0v) is 31.7. The van der Waals surface area contributed by atoms with Crippen molar-refractivity contribution in [2.45, 2.75) is 146 Å². The van der Waals surface area contributed by atoms with Gasteiger partial charge in [-0.05, 0) is 166 Å². The maximum absolute atomic E-state index is 12.6. The summed E-state index contributed by atoms with van der Waals surface area (Å²) in [6, 6.07) is 8.23. The van der Waals surface area contributed by atoms with Gasteiger partial charge in [-0.25, -0.2) is 4.79 Å². The third-order valence-electron chi connectivity index (χ3n) is 14.4. The molecule has 0 amide bonds. The van der Waals surface area contributed by atoms with Gasteiger partial charge in [0, 0.05) is 0 Å². The van der Waals surface area contributed by atoms with E-state index in [1.807, 2.05) is 53.7 Å². The van der Waals surface area contributed by atoms with Crippen molar-refractivity contribution in [1.29, 1.82) is 0 Å². The lowest BCUT2D eigenvalue weighted by molar-refractivity contribution is -0.221. The highest BCUT2D eigenvalue weighted by atomic mass is 16.6. The van der Waals surface area contributed by atoms with Gasteiger partial charge >= 0.3 is 5.97 Å². The van der Waals surface area contributed by atoms with Gasteiger partial charge in [0.05, 0.1) is 5.56 Å². The summed E-state index contributed by atoms with van der Waals surface area (Å²) in [6.07, 6.45) is 17.9. The van der Waals surface area contributed by atoms with Gasteiger partial charge in [0.1, 0.15) is 5.60 Å². The molecule has 0 saturated heterocycles. The Bertz CT molecular complexity index is 1270. The van der Waals surface area contributed by atoms with Crippen LogP contribution in [-0.2, 0) is 4.74 Å². The molecule has 0 spiro atoms. The van der Waals surface area contributed by atoms with Crippen LogP contribution in [0.3, 0.4) is 0 Å². The molecule has 4 saturated carbocycles. The molecule has 3 nitrogen and oxygen atoms in total. The second-order valence-corrected chi connectivity index (χ2v) is 17.8. The van der Waals surface area contributed by atoms with Crippen LogP contribution >= 0.6 is 0 Å². The molecular weight excluding hydrogens is 562 g/mol. The van der Waals surface area contributed by atoms with E-state index in [0.29, 0.717) is 33.1 Å². The highest BCUT2D eigenvalue weighted by molar-refractivity contribution is 5.90. The van der Waals surface area contributed by atoms with Crippen LogP contribution in [0, 0.1) is 50.7 Å². The predicted molar refractivity (Wildman–Crippen MR) is 197 cm³/mol. The summed E-state index contributed by atoms with van der Waals surface area (Å²) in [5, 5.41) is 0. The van der Waals surface area contributed by atoms with Crippen LogP contribution in [0.5, 0.6) is 0 Å². The first kappa shape index (κ1) is 37.0. The Balaban J connectivity index is 0.000000908. The van der Waals surface area contributed by atoms with E-state index < -0.39 is 5.60 Å². The van der Waals surface area contributed by atoms with E-state index in [9.17, 15) is 4.79 Å². The summed E-state index contributed by atoms with van der Waals surface area (Å²) < 4.78 is 5.61. The molecule has 8 atom stereocenters. The highest BCUT2D eigenvalue weighted by Gasteiger charge is 2.69. The molecule has 7 unspecified atom stereocenters. The van der Waals surface area contributed by atoms with Gasteiger partial charge in [-0.15, -0.1) is 6.58 Å². The number of fused-ring (bicyclic) bond motifs is 7. The van der Waals surface area contributed by atoms with E-state index in [0.717, 1.165) is 24.3 Å².